The summed E-state index contributed by atoms with van der Waals surface area (Å²) < 4.78 is 1.87. The Morgan fingerprint density at radius 1 is 1.29 bits per heavy atom. The third-order valence-electron chi connectivity index (χ3n) is 2.04. The van der Waals surface area contributed by atoms with E-state index in [1.165, 1.54) is 11.8 Å². The van der Waals surface area contributed by atoms with Crippen molar-refractivity contribution in [3.8, 4) is 0 Å². The van der Waals surface area contributed by atoms with Crippen molar-refractivity contribution in [1.82, 2.24) is 15.2 Å². The molecule has 0 aliphatic carbocycles. The normalized spacial score (nSPS) is 10.8. The van der Waals surface area contributed by atoms with Gasteiger partial charge >= 0.3 is 0 Å². The summed E-state index contributed by atoms with van der Waals surface area (Å²) in [6, 6.07) is 3.99. The Labute approximate surface area is 112 Å². The van der Waals surface area contributed by atoms with Gasteiger partial charge in [0, 0.05) is 12.2 Å². The molecule has 0 saturated carbocycles. The van der Waals surface area contributed by atoms with E-state index in [1.807, 2.05) is 25.3 Å². The number of pyridine rings is 1. The standard InChI is InChI=1S/C10H12N4S3/c1-6-3-4-7(5-11)8(12-6)16-10-14-13-9(15-2)17-10/h3-4H,5,11H2,1-2H3. The van der Waals surface area contributed by atoms with Crippen LogP contribution in [0.2, 0.25) is 0 Å². The van der Waals surface area contributed by atoms with Gasteiger partial charge in [0.15, 0.2) is 8.68 Å². The molecule has 17 heavy (non-hydrogen) atoms. The second kappa shape index (κ2) is 5.81. The number of nitrogens with zero attached hydrogens (tertiary/aromatic N) is 3. The van der Waals surface area contributed by atoms with Gasteiger partial charge in [-0.15, -0.1) is 10.2 Å². The molecule has 0 aromatic carbocycles. The summed E-state index contributed by atoms with van der Waals surface area (Å²) in [6.45, 7) is 2.46. The van der Waals surface area contributed by atoms with Gasteiger partial charge in [0.1, 0.15) is 5.03 Å². The maximum absolute atomic E-state index is 5.70. The molecule has 90 valence electrons. The molecule has 7 heteroatoms. The van der Waals surface area contributed by atoms with E-state index in [-0.39, 0.29) is 0 Å². The Kier molecular flexibility index (Phi) is 4.38. The Morgan fingerprint density at radius 2 is 2.06 bits per heavy atom. The van der Waals surface area contributed by atoms with Gasteiger partial charge in [-0.1, -0.05) is 29.2 Å². The van der Waals surface area contributed by atoms with Crippen LogP contribution in [-0.2, 0) is 6.54 Å². The Bertz CT molecular complexity index is 512. The van der Waals surface area contributed by atoms with Crippen LogP contribution < -0.4 is 5.73 Å². The summed E-state index contributed by atoms with van der Waals surface area (Å²) in [5.74, 6) is 0. The Balaban J connectivity index is 2.25. The zero-order valence-electron chi connectivity index (χ0n) is 9.51. The highest BCUT2D eigenvalue weighted by Crippen LogP contribution is 2.33. The molecule has 0 aliphatic heterocycles. The van der Waals surface area contributed by atoms with Crippen molar-refractivity contribution in [3.05, 3.63) is 23.4 Å². The number of rotatable bonds is 4. The second-order valence-corrected chi connectivity index (χ2v) is 6.53. The Morgan fingerprint density at radius 3 is 2.71 bits per heavy atom. The third-order valence-corrected chi connectivity index (χ3v) is 5.04. The molecule has 0 bridgehead atoms. The van der Waals surface area contributed by atoms with E-state index in [4.69, 9.17) is 5.73 Å². The van der Waals surface area contributed by atoms with Crippen molar-refractivity contribution in [2.75, 3.05) is 6.26 Å². The fourth-order valence-electron chi connectivity index (χ4n) is 1.21. The van der Waals surface area contributed by atoms with E-state index >= 15 is 0 Å². The number of nitrogens with two attached hydrogens (primary N) is 1. The molecule has 0 amide bonds. The lowest BCUT2D eigenvalue weighted by Crippen LogP contribution is -2.00. The van der Waals surface area contributed by atoms with Crippen LogP contribution in [0.1, 0.15) is 11.3 Å². The zero-order valence-corrected chi connectivity index (χ0v) is 12.0. The van der Waals surface area contributed by atoms with Crippen molar-refractivity contribution >= 4 is 34.9 Å². The monoisotopic (exact) mass is 284 g/mol. The lowest BCUT2D eigenvalue weighted by atomic mass is 10.2. The first-order valence-corrected chi connectivity index (χ1v) is 7.80. The van der Waals surface area contributed by atoms with Crippen LogP contribution in [-0.4, -0.2) is 21.4 Å². The van der Waals surface area contributed by atoms with Gasteiger partial charge in [-0.25, -0.2) is 4.98 Å². The van der Waals surface area contributed by atoms with E-state index < -0.39 is 0 Å². The minimum absolute atomic E-state index is 0.490. The minimum Gasteiger partial charge on any atom is -0.326 e. The first kappa shape index (κ1) is 12.8. The van der Waals surface area contributed by atoms with Gasteiger partial charge in [-0.05, 0) is 36.6 Å². The molecule has 2 rings (SSSR count). The SMILES string of the molecule is CSc1nnc(Sc2nc(C)ccc2CN)s1. The first-order valence-electron chi connectivity index (χ1n) is 4.95. The van der Waals surface area contributed by atoms with Crippen LogP contribution in [0.5, 0.6) is 0 Å². The van der Waals surface area contributed by atoms with Crippen molar-refractivity contribution in [3.63, 3.8) is 0 Å². The summed E-state index contributed by atoms with van der Waals surface area (Å²) in [5.41, 5.74) is 7.72. The summed E-state index contributed by atoms with van der Waals surface area (Å²) in [7, 11) is 0. The molecule has 4 nitrogen and oxygen atoms in total. The molecular formula is C10H12N4S3. The van der Waals surface area contributed by atoms with Crippen LogP contribution in [0.15, 0.2) is 25.8 Å². The van der Waals surface area contributed by atoms with Gasteiger partial charge in [0.05, 0.1) is 0 Å². The van der Waals surface area contributed by atoms with Crippen LogP contribution in [0, 0.1) is 6.92 Å². The van der Waals surface area contributed by atoms with Gasteiger partial charge < -0.3 is 5.73 Å². The molecule has 0 fully saturated rings. The third kappa shape index (κ3) is 3.19. The first-order chi connectivity index (χ1) is 8.22. The minimum atomic E-state index is 0.490. The van der Waals surface area contributed by atoms with Crippen LogP contribution in [0.25, 0.3) is 0 Å². The fraction of sp³-hybridized carbons (Fsp3) is 0.300. The molecule has 0 aliphatic rings. The average Bonchev–Trinajstić information content (AvgIpc) is 2.77. The predicted octanol–water partition coefficient (Wildman–Crippen LogP) is 2.57. The highest BCUT2D eigenvalue weighted by Gasteiger charge is 2.10. The van der Waals surface area contributed by atoms with E-state index in [0.29, 0.717) is 6.54 Å². The maximum Gasteiger partial charge on any atom is 0.181 e. The number of aryl methyl sites for hydroxylation is 1. The molecule has 2 aromatic rings. The largest absolute Gasteiger partial charge is 0.326 e. The molecule has 2 N–H and O–H groups in total. The molecular weight excluding hydrogens is 272 g/mol. The van der Waals surface area contributed by atoms with Gasteiger partial charge in [-0.3, -0.25) is 0 Å². The molecule has 0 unspecified atom stereocenters. The highest BCUT2D eigenvalue weighted by atomic mass is 32.2. The molecule has 0 radical (unpaired) electrons. The zero-order chi connectivity index (χ0) is 12.3. The van der Waals surface area contributed by atoms with E-state index in [1.54, 1.807) is 23.1 Å². The van der Waals surface area contributed by atoms with E-state index in [2.05, 4.69) is 15.2 Å². The lowest BCUT2D eigenvalue weighted by molar-refractivity contribution is 0.928. The Hall–Kier alpha value is -0.630. The van der Waals surface area contributed by atoms with Crippen molar-refractivity contribution in [2.45, 2.75) is 27.2 Å². The number of hydrogen-bond donors (Lipinski definition) is 1. The fourth-order valence-corrected chi connectivity index (χ4v) is 3.73. The van der Waals surface area contributed by atoms with E-state index in [0.717, 1.165) is 25.0 Å². The number of aromatic nitrogens is 3. The highest BCUT2D eigenvalue weighted by molar-refractivity contribution is 8.03. The van der Waals surface area contributed by atoms with Crippen LogP contribution >= 0.6 is 34.9 Å². The number of thioether (sulfide) groups is 1. The maximum atomic E-state index is 5.70. The van der Waals surface area contributed by atoms with E-state index in [9.17, 15) is 0 Å². The van der Waals surface area contributed by atoms with Gasteiger partial charge in [0.2, 0.25) is 0 Å². The second-order valence-electron chi connectivity index (χ2n) is 3.26. The van der Waals surface area contributed by atoms with Gasteiger partial charge in [0.25, 0.3) is 0 Å². The molecule has 0 spiro atoms. The van der Waals surface area contributed by atoms with Crippen molar-refractivity contribution in [1.29, 1.82) is 0 Å². The number of hydrogen-bond acceptors (Lipinski definition) is 7. The molecule has 0 saturated heterocycles. The van der Waals surface area contributed by atoms with Gasteiger partial charge in [-0.2, -0.15) is 0 Å². The molecule has 2 aromatic heterocycles. The average molecular weight is 284 g/mol. The van der Waals surface area contributed by atoms with Crippen molar-refractivity contribution < 1.29 is 0 Å². The lowest BCUT2D eigenvalue weighted by Gasteiger charge is -2.04. The molecule has 0 atom stereocenters. The summed E-state index contributed by atoms with van der Waals surface area (Å²) in [5, 5.41) is 9.10. The quantitative estimate of drug-likeness (QED) is 0.871. The smallest absolute Gasteiger partial charge is 0.181 e. The van der Waals surface area contributed by atoms with Crippen LogP contribution in [0.3, 0.4) is 0 Å². The molecule has 2 heterocycles. The van der Waals surface area contributed by atoms with Crippen LogP contribution in [0.4, 0.5) is 0 Å². The predicted molar refractivity (Wildman–Crippen MR) is 72.7 cm³/mol. The topological polar surface area (TPSA) is 64.7 Å². The van der Waals surface area contributed by atoms with Crippen molar-refractivity contribution in [2.24, 2.45) is 5.73 Å². The summed E-state index contributed by atoms with van der Waals surface area (Å²) in [6.07, 6.45) is 1.99. The summed E-state index contributed by atoms with van der Waals surface area (Å²) in [4.78, 5) is 4.49. The summed E-state index contributed by atoms with van der Waals surface area (Å²) >= 11 is 4.71.